The lowest BCUT2D eigenvalue weighted by atomic mass is 10.1. The Morgan fingerprint density at radius 3 is 2.94 bits per heavy atom. The van der Waals surface area contributed by atoms with Gasteiger partial charge in [0.05, 0.1) is 17.6 Å². The average molecular weight is 260 g/mol. The summed E-state index contributed by atoms with van der Waals surface area (Å²) in [6.07, 6.45) is 2.07. The van der Waals surface area contributed by atoms with Crippen molar-refractivity contribution in [3.63, 3.8) is 0 Å². The fourth-order valence-corrected chi connectivity index (χ4v) is 2.87. The van der Waals surface area contributed by atoms with Crippen LogP contribution in [0.3, 0.4) is 0 Å². The van der Waals surface area contributed by atoms with Gasteiger partial charge in [-0.2, -0.15) is 0 Å². The van der Waals surface area contributed by atoms with Crippen LogP contribution in [0.1, 0.15) is 11.3 Å². The zero-order chi connectivity index (χ0) is 12.7. The van der Waals surface area contributed by atoms with Crippen LogP contribution in [0.2, 0.25) is 0 Å². The number of nitrogen functional groups attached to an aromatic ring is 1. The van der Waals surface area contributed by atoms with Crippen LogP contribution in [0.5, 0.6) is 0 Å². The standard InChI is InChI=1S/C13H12N2O2S/c1-7-11(2-3-17-7)18-12-6-10-8(4-9(12)14)5-13(16)15-10/h2-4,6H,5,14H2,1H3,(H,15,16). The summed E-state index contributed by atoms with van der Waals surface area (Å²) in [4.78, 5) is 13.3. The maximum absolute atomic E-state index is 11.3. The lowest BCUT2D eigenvalue weighted by molar-refractivity contribution is -0.115. The average Bonchev–Trinajstić information content (AvgIpc) is 2.85. The zero-order valence-electron chi connectivity index (χ0n) is 9.82. The first-order chi connectivity index (χ1) is 8.63. The molecule has 2 aromatic rings. The number of fused-ring (bicyclic) bond motifs is 1. The smallest absolute Gasteiger partial charge is 0.228 e. The predicted octanol–water partition coefficient (Wildman–Crippen LogP) is 2.82. The summed E-state index contributed by atoms with van der Waals surface area (Å²) in [5.41, 5.74) is 8.53. The van der Waals surface area contributed by atoms with Crippen molar-refractivity contribution in [2.75, 3.05) is 11.1 Å². The summed E-state index contributed by atoms with van der Waals surface area (Å²) in [6.45, 7) is 1.91. The lowest BCUT2D eigenvalue weighted by Crippen LogP contribution is -2.03. The molecule has 0 fully saturated rings. The molecule has 0 saturated carbocycles. The predicted molar refractivity (Wildman–Crippen MR) is 70.8 cm³/mol. The molecule has 1 aromatic heterocycles. The minimum absolute atomic E-state index is 0.0195. The Bertz CT molecular complexity index is 634. The normalized spacial score (nSPS) is 13.5. The van der Waals surface area contributed by atoms with Crippen molar-refractivity contribution in [1.29, 1.82) is 0 Å². The largest absolute Gasteiger partial charge is 0.468 e. The number of carbonyl (C=O) groups is 1. The van der Waals surface area contributed by atoms with E-state index in [0.717, 1.165) is 26.8 Å². The van der Waals surface area contributed by atoms with Crippen molar-refractivity contribution in [3.8, 4) is 0 Å². The van der Waals surface area contributed by atoms with Crippen LogP contribution in [0.4, 0.5) is 11.4 Å². The number of carbonyl (C=O) groups excluding carboxylic acids is 1. The van der Waals surface area contributed by atoms with Gasteiger partial charge in [-0.05, 0) is 30.7 Å². The molecule has 0 atom stereocenters. The molecule has 5 heteroatoms. The van der Waals surface area contributed by atoms with E-state index >= 15 is 0 Å². The number of anilines is 2. The van der Waals surface area contributed by atoms with Crippen molar-refractivity contribution in [2.45, 2.75) is 23.1 Å². The summed E-state index contributed by atoms with van der Waals surface area (Å²) in [7, 11) is 0. The van der Waals surface area contributed by atoms with Gasteiger partial charge in [-0.1, -0.05) is 11.8 Å². The molecule has 0 saturated heterocycles. The molecule has 0 unspecified atom stereocenters. The first-order valence-electron chi connectivity index (χ1n) is 5.57. The molecule has 92 valence electrons. The highest BCUT2D eigenvalue weighted by atomic mass is 32.2. The minimum atomic E-state index is 0.0195. The Morgan fingerprint density at radius 2 is 2.22 bits per heavy atom. The van der Waals surface area contributed by atoms with Crippen LogP contribution in [-0.2, 0) is 11.2 Å². The van der Waals surface area contributed by atoms with Gasteiger partial charge in [0.1, 0.15) is 5.76 Å². The van der Waals surface area contributed by atoms with Crippen molar-refractivity contribution < 1.29 is 9.21 Å². The van der Waals surface area contributed by atoms with Gasteiger partial charge in [-0.15, -0.1) is 0 Å². The summed E-state index contributed by atoms with van der Waals surface area (Å²) in [6, 6.07) is 5.70. The summed E-state index contributed by atoms with van der Waals surface area (Å²) >= 11 is 1.54. The number of nitrogens with two attached hydrogens (primary N) is 1. The first kappa shape index (κ1) is 11.2. The van der Waals surface area contributed by atoms with E-state index in [1.807, 2.05) is 25.1 Å². The Morgan fingerprint density at radius 1 is 1.39 bits per heavy atom. The van der Waals surface area contributed by atoms with Gasteiger partial charge >= 0.3 is 0 Å². The molecular weight excluding hydrogens is 248 g/mol. The van der Waals surface area contributed by atoms with Crippen molar-refractivity contribution in [2.24, 2.45) is 0 Å². The molecule has 0 spiro atoms. The summed E-state index contributed by atoms with van der Waals surface area (Å²) in [5, 5.41) is 2.83. The van der Waals surface area contributed by atoms with E-state index in [4.69, 9.17) is 10.2 Å². The van der Waals surface area contributed by atoms with Crippen LogP contribution >= 0.6 is 11.8 Å². The molecule has 4 nitrogen and oxygen atoms in total. The van der Waals surface area contributed by atoms with E-state index < -0.39 is 0 Å². The van der Waals surface area contributed by atoms with Gasteiger partial charge in [0.15, 0.2) is 0 Å². The molecule has 0 aliphatic carbocycles. The molecule has 18 heavy (non-hydrogen) atoms. The van der Waals surface area contributed by atoms with E-state index in [2.05, 4.69) is 5.32 Å². The minimum Gasteiger partial charge on any atom is -0.468 e. The molecule has 1 aliphatic rings. The number of benzene rings is 1. The number of aryl methyl sites for hydroxylation is 1. The topological polar surface area (TPSA) is 68.3 Å². The van der Waals surface area contributed by atoms with Gasteiger partial charge in [0, 0.05) is 16.3 Å². The van der Waals surface area contributed by atoms with Gasteiger partial charge in [0.2, 0.25) is 5.91 Å². The van der Waals surface area contributed by atoms with Gasteiger partial charge in [-0.3, -0.25) is 4.79 Å². The zero-order valence-corrected chi connectivity index (χ0v) is 10.6. The first-order valence-corrected chi connectivity index (χ1v) is 6.39. The van der Waals surface area contributed by atoms with Crippen LogP contribution in [-0.4, -0.2) is 5.91 Å². The molecular formula is C13H12N2O2S. The van der Waals surface area contributed by atoms with Gasteiger partial charge in [-0.25, -0.2) is 0 Å². The maximum atomic E-state index is 11.3. The Hall–Kier alpha value is -1.88. The van der Waals surface area contributed by atoms with Gasteiger partial charge < -0.3 is 15.5 Å². The monoisotopic (exact) mass is 260 g/mol. The Labute approximate surface area is 109 Å². The van der Waals surface area contributed by atoms with E-state index in [-0.39, 0.29) is 5.91 Å². The highest BCUT2D eigenvalue weighted by molar-refractivity contribution is 7.99. The number of rotatable bonds is 2. The number of nitrogens with one attached hydrogen (secondary N) is 1. The quantitative estimate of drug-likeness (QED) is 0.815. The summed E-state index contributed by atoms with van der Waals surface area (Å²) in [5.74, 6) is 0.884. The SMILES string of the molecule is Cc1occc1Sc1cc2c(cc1N)CC(=O)N2. The molecule has 3 N–H and O–H groups in total. The van der Waals surface area contributed by atoms with Crippen LogP contribution in [0, 0.1) is 6.92 Å². The van der Waals surface area contributed by atoms with Crippen LogP contribution in [0.25, 0.3) is 0 Å². The molecule has 3 rings (SSSR count). The van der Waals surface area contributed by atoms with Crippen molar-refractivity contribution in [3.05, 3.63) is 35.8 Å². The molecule has 2 heterocycles. The molecule has 1 aliphatic heterocycles. The van der Waals surface area contributed by atoms with Crippen molar-refractivity contribution >= 4 is 29.0 Å². The third kappa shape index (κ3) is 1.86. The van der Waals surface area contributed by atoms with Crippen molar-refractivity contribution in [1.82, 2.24) is 0 Å². The fourth-order valence-electron chi connectivity index (χ4n) is 1.96. The fraction of sp³-hybridized carbons (Fsp3) is 0.154. The summed E-state index contributed by atoms with van der Waals surface area (Å²) < 4.78 is 5.25. The van der Waals surface area contributed by atoms with Crippen LogP contribution in [0.15, 0.2) is 38.7 Å². The second-order valence-corrected chi connectivity index (χ2v) is 5.30. The molecule has 0 radical (unpaired) electrons. The maximum Gasteiger partial charge on any atom is 0.228 e. The Kier molecular flexibility index (Phi) is 2.56. The molecule has 0 bridgehead atoms. The molecule has 1 aromatic carbocycles. The molecule has 1 amide bonds. The Balaban J connectivity index is 1.96. The second-order valence-electron chi connectivity index (χ2n) is 4.22. The lowest BCUT2D eigenvalue weighted by Gasteiger charge is -2.07. The second kappa shape index (κ2) is 4.10. The van der Waals surface area contributed by atoms with E-state index in [1.54, 1.807) is 18.0 Å². The third-order valence-corrected chi connectivity index (χ3v) is 4.11. The van der Waals surface area contributed by atoms with Gasteiger partial charge in [0.25, 0.3) is 0 Å². The van der Waals surface area contributed by atoms with E-state index in [1.165, 1.54) is 0 Å². The van der Waals surface area contributed by atoms with Crippen LogP contribution < -0.4 is 11.1 Å². The highest BCUT2D eigenvalue weighted by Crippen LogP contribution is 2.38. The number of hydrogen-bond donors (Lipinski definition) is 2. The van der Waals surface area contributed by atoms with E-state index in [9.17, 15) is 4.79 Å². The number of hydrogen-bond acceptors (Lipinski definition) is 4. The van der Waals surface area contributed by atoms with E-state index in [0.29, 0.717) is 12.1 Å². The number of furan rings is 1. The third-order valence-electron chi connectivity index (χ3n) is 2.89. The number of amides is 1. The highest BCUT2D eigenvalue weighted by Gasteiger charge is 2.20.